The maximum absolute atomic E-state index is 10.7. The second-order valence-electron chi connectivity index (χ2n) is 3.42. The fourth-order valence-corrected chi connectivity index (χ4v) is 1.56. The summed E-state index contributed by atoms with van der Waals surface area (Å²) >= 11 is 0. The summed E-state index contributed by atoms with van der Waals surface area (Å²) in [5, 5.41) is 4.83. The van der Waals surface area contributed by atoms with Crippen LogP contribution in [0.2, 0.25) is 0 Å². The van der Waals surface area contributed by atoms with Gasteiger partial charge in [0.1, 0.15) is 0 Å². The van der Waals surface area contributed by atoms with Crippen LogP contribution in [0.1, 0.15) is 25.3 Å². The number of benzene rings is 1. The van der Waals surface area contributed by atoms with Gasteiger partial charge in [0.05, 0.1) is 0 Å². The molecule has 0 unspecified atom stereocenters. The van der Waals surface area contributed by atoms with Crippen molar-refractivity contribution in [1.82, 2.24) is 0 Å². The van der Waals surface area contributed by atoms with Crippen molar-refractivity contribution in [2.75, 3.05) is 4.72 Å². The Morgan fingerprint density at radius 2 is 1.71 bits per heavy atom. The molecule has 5 heteroatoms. The predicted octanol–water partition coefficient (Wildman–Crippen LogP) is 1.43. The van der Waals surface area contributed by atoms with Gasteiger partial charge in [0.2, 0.25) is 0 Å². The van der Waals surface area contributed by atoms with Gasteiger partial charge in [0.25, 0.3) is 10.2 Å². The summed E-state index contributed by atoms with van der Waals surface area (Å²) in [6, 6.07) is 7.13. The molecule has 0 aliphatic heterocycles. The van der Waals surface area contributed by atoms with Gasteiger partial charge in [-0.3, -0.25) is 4.72 Å². The van der Waals surface area contributed by atoms with Gasteiger partial charge in [-0.15, -0.1) is 0 Å². The first-order valence-electron chi connectivity index (χ1n) is 4.29. The molecule has 1 rings (SSSR count). The lowest BCUT2D eigenvalue weighted by Crippen LogP contribution is -2.21. The van der Waals surface area contributed by atoms with Crippen LogP contribution in [0.25, 0.3) is 0 Å². The monoisotopic (exact) mass is 214 g/mol. The minimum atomic E-state index is -3.66. The molecule has 0 saturated heterocycles. The molecule has 1 aromatic carbocycles. The average Bonchev–Trinajstić information content (AvgIpc) is 2.02. The summed E-state index contributed by atoms with van der Waals surface area (Å²) < 4.78 is 23.6. The zero-order chi connectivity index (χ0) is 10.8. The molecule has 0 aliphatic rings. The Labute approximate surface area is 84.3 Å². The van der Waals surface area contributed by atoms with Crippen molar-refractivity contribution < 1.29 is 8.42 Å². The van der Waals surface area contributed by atoms with Crippen LogP contribution in [0.15, 0.2) is 24.3 Å². The minimum Gasteiger partial charge on any atom is -0.271 e. The van der Waals surface area contributed by atoms with E-state index in [0.29, 0.717) is 11.6 Å². The summed E-state index contributed by atoms with van der Waals surface area (Å²) in [5.74, 6) is 0.429. The van der Waals surface area contributed by atoms with Crippen LogP contribution < -0.4 is 9.86 Å². The molecule has 0 atom stereocenters. The largest absolute Gasteiger partial charge is 0.296 e. The lowest BCUT2D eigenvalue weighted by Gasteiger charge is -2.07. The maximum atomic E-state index is 10.7. The second-order valence-corrected chi connectivity index (χ2v) is 4.72. The molecule has 0 aromatic heterocycles. The van der Waals surface area contributed by atoms with Gasteiger partial charge in [0.15, 0.2) is 0 Å². The van der Waals surface area contributed by atoms with Gasteiger partial charge in [-0.05, 0) is 23.6 Å². The molecule has 0 saturated carbocycles. The van der Waals surface area contributed by atoms with Crippen molar-refractivity contribution >= 4 is 15.9 Å². The van der Waals surface area contributed by atoms with E-state index < -0.39 is 10.2 Å². The SMILES string of the molecule is CC(C)c1ccc(NS(N)(=O)=O)cc1. The van der Waals surface area contributed by atoms with Crippen LogP contribution in [0, 0.1) is 0 Å². The highest BCUT2D eigenvalue weighted by molar-refractivity contribution is 7.90. The zero-order valence-electron chi connectivity index (χ0n) is 8.19. The summed E-state index contributed by atoms with van der Waals surface area (Å²) in [5.41, 5.74) is 1.64. The van der Waals surface area contributed by atoms with Gasteiger partial charge in [0, 0.05) is 5.69 Å². The Bertz CT molecular complexity index is 395. The van der Waals surface area contributed by atoms with Crippen molar-refractivity contribution in [3.05, 3.63) is 29.8 Å². The molecule has 1 aromatic rings. The van der Waals surface area contributed by atoms with E-state index in [-0.39, 0.29) is 0 Å². The van der Waals surface area contributed by atoms with E-state index in [9.17, 15) is 8.42 Å². The Morgan fingerprint density at radius 3 is 2.07 bits per heavy atom. The molecule has 0 heterocycles. The molecule has 0 amide bonds. The van der Waals surface area contributed by atoms with Crippen LogP contribution in [0.5, 0.6) is 0 Å². The summed E-state index contributed by atoms with van der Waals surface area (Å²) in [6.07, 6.45) is 0. The molecular formula is C9H14N2O2S. The van der Waals surface area contributed by atoms with Crippen molar-refractivity contribution in [2.45, 2.75) is 19.8 Å². The van der Waals surface area contributed by atoms with Crippen LogP contribution in [0.3, 0.4) is 0 Å². The highest BCUT2D eigenvalue weighted by Crippen LogP contribution is 2.17. The van der Waals surface area contributed by atoms with Crippen LogP contribution >= 0.6 is 0 Å². The molecule has 4 nitrogen and oxygen atoms in total. The van der Waals surface area contributed by atoms with E-state index in [2.05, 4.69) is 18.6 Å². The average molecular weight is 214 g/mol. The van der Waals surface area contributed by atoms with E-state index >= 15 is 0 Å². The van der Waals surface area contributed by atoms with Crippen molar-refractivity contribution in [3.63, 3.8) is 0 Å². The van der Waals surface area contributed by atoms with Crippen molar-refractivity contribution in [1.29, 1.82) is 0 Å². The number of anilines is 1. The maximum Gasteiger partial charge on any atom is 0.296 e. The van der Waals surface area contributed by atoms with Crippen LogP contribution in [0.4, 0.5) is 5.69 Å². The third-order valence-electron chi connectivity index (χ3n) is 1.84. The highest BCUT2D eigenvalue weighted by atomic mass is 32.2. The van der Waals surface area contributed by atoms with Gasteiger partial charge < -0.3 is 0 Å². The first-order valence-corrected chi connectivity index (χ1v) is 5.83. The Hall–Kier alpha value is -1.07. The van der Waals surface area contributed by atoms with Gasteiger partial charge in [-0.2, -0.15) is 8.42 Å². The summed E-state index contributed by atoms with van der Waals surface area (Å²) in [6.45, 7) is 4.14. The Morgan fingerprint density at radius 1 is 1.21 bits per heavy atom. The Balaban J connectivity index is 2.84. The fraction of sp³-hybridized carbons (Fsp3) is 0.333. The number of hydrogen-bond donors (Lipinski definition) is 2. The molecule has 0 aliphatic carbocycles. The molecule has 3 N–H and O–H groups in total. The number of rotatable bonds is 3. The highest BCUT2D eigenvalue weighted by Gasteiger charge is 2.02. The van der Waals surface area contributed by atoms with Gasteiger partial charge >= 0.3 is 0 Å². The second kappa shape index (κ2) is 3.98. The predicted molar refractivity (Wildman–Crippen MR) is 57.3 cm³/mol. The van der Waals surface area contributed by atoms with Crippen LogP contribution in [-0.4, -0.2) is 8.42 Å². The quantitative estimate of drug-likeness (QED) is 0.798. The van der Waals surface area contributed by atoms with E-state index in [0.717, 1.165) is 5.56 Å². The number of nitrogens with one attached hydrogen (secondary N) is 1. The molecule has 0 radical (unpaired) electrons. The van der Waals surface area contributed by atoms with Crippen LogP contribution in [-0.2, 0) is 10.2 Å². The lowest BCUT2D eigenvalue weighted by atomic mass is 10.0. The zero-order valence-corrected chi connectivity index (χ0v) is 9.01. The molecule has 78 valence electrons. The third kappa shape index (κ3) is 3.35. The summed E-state index contributed by atoms with van der Waals surface area (Å²) in [4.78, 5) is 0. The Kier molecular flexibility index (Phi) is 3.13. The number of nitrogens with two attached hydrogens (primary N) is 1. The molecule has 14 heavy (non-hydrogen) atoms. The first kappa shape index (κ1) is 11.0. The van der Waals surface area contributed by atoms with E-state index in [1.54, 1.807) is 12.1 Å². The van der Waals surface area contributed by atoms with Gasteiger partial charge in [-0.1, -0.05) is 26.0 Å². The van der Waals surface area contributed by atoms with Crippen molar-refractivity contribution in [2.24, 2.45) is 5.14 Å². The smallest absolute Gasteiger partial charge is 0.271 e. The third-order valence-corrected chi connectivity index (χ3v) is 2.36. The molecular weight excluding hydrogens is 200 g/mol. The van der Waals surface area contributed by atoms with E-state index in [4.69, 9.17) is 5.14 Å². The normalized spacial score (nSPS) is 11.7. The first-order chi connectivity index (χ1) is 6.38. The van der Waals surface area contributed by atoms with E-state index in [1.807, 2.05) is 12.1 Å². The molecule has 0 spiro atoms. The topological polar surface area (TPSA) is 72.2 Å². The van der Waals surface area contributed by atoms with E-state index in [1.165, 1.54) is 0 Å². The number of hydrogen-bond acceptors (Lipinski definition) is 2. The fourth-order valence-electron chi connectivity index (χ4n) is 1.10. The van der Waals surface area contributed by atoms with Crippen molar-refractivity contribution in [3.8, 4) is 0 Å². The molecule has 0 bridgehead atoms. The summed E-state index contributed by atoms with van der Waals surface area (Å²) in [7, 11) is -3.66. The minimum absolute atomic E-state index is 0.429. The molecule has 0 fully saturated rings. The van der Waals surface area contributed by atoms with Gasteiger partial charge in [-0.25, -0.2) is 5.14 Å². The lowest BCUT2D eigenvalue weighted by molar-refractivity contribution is 0.603. The standard InChI is InChI=1S/C9H14N2O2S/c1-7(2)8-3-5-9(6-4-8)11-14(10,12)13/h3-7,11H,1-2H3,(H2,10,12,13).